The maximum atomic E-state index is 11.6. The smallest absolute Gasteiger partial charge is 0.355 e. The lowest BCUT2D eigenvalue weighted by Crippen LogP contribution is -2.07. The number of rotatable bonds is 8. The molecule has 0 saturated carbocycles. The third kappa shape index (κ3) is 6.59. The van der Waals surface area contributed by atoms with Crippen molar-refractivity contribution in [3.05, 3.63) is 53.6 Å². The summed E-state index contributed by atoms with van der Waals surface area (Å²) in [5.74, 6) is 0.0167. The molecule has 0 fully saturated rings. The summed E-state index contributed by atoms with van der Waals surface area (Å²) in [6.45, 7) is 2.06. The topological polar surface area (TPSA) is 76.0 Å². The number of unbranched alkanes of at least 4 members (excludes halogenated alkanes) is 2. The second-order valence-electron chi connectivity index (χ2n) is 5.68. The van der Waals surface area contributed by atoms with Gasteiger partial charge in [-0.2, -0.15) is 0 Å². The molecule has 0 bridgehead atoms. The van der Waals surface area contributed by atoms with Crippen LogP contribution in [0.3, 0.4) is 0 Å². The highest BCUT2D eigenvalue weighted by atomic mass is 17.2. The highest BCUT2D eigenvalue weighted by Crippen LogP contribution is 2.24. The molecule has 25 heavy (non-hydrogen) atoms. The first kappa shape index (κ1) is 18.4. The molecular weight excluding hydrogens is 320 g/mol. The van der Waals surface area contributed by atoms with Crippen molar-refractivity contribution in [2.75, 3.05) is 0 Å². The van der Waals surface area contributed by atoms with Crippen LogP contribution in [-0.4, -0.2) is 16.2 Å². The Labute approximate surface area is 147 Å². The van der Waals surface area contributed by atoms with Crippen LogP contribution in [0.2, 0.25) is 0 Å². The van der Waals surface area contributed by atoms with E-state index in [1.54, 1.807) is 42.5 Å². The zero-order valence-corrected chi connectivity index (χ0v) is 14.1. The third-order valence-corrected chi connectivity index (χ3v) is 3.49. The molecule has 0 atom stereocenters. The standard InChI is InChI=1S/C20H22O5/c1-2-3-4-5-20(23)25-24-19-13-16(12-18(22)14-19)7-6-15-8-10-17(21)11-9-15/h6-14,21-22H,2-5H2,1H3/b7-6+. The summed E-state index contributed by atoms with van der Waals surface area (Å²) in [4.78, 5) is 21.3. The van der Waals surface area contributed by atoms with E-state index in [-0.39, 0.29) is 17.2 Å². The van der Waals surface area contributed by atoms with Gasteiger partial charge in [-0.05, 0) is 41.8 Å². The van der Waals surface area contributed by atoms with Crippen molar-refractivity contribution >= 4 is 18.1 Å². The van der Waals surface area contributed by atoms with Crippen LogP contribution in [0.1, 0.15) is 43.7 Å². The van der Waals surface area contributed by atoms with Gasteiger partial charge in [0.05, 0.1) is 6.42 Å². The van der Waals surface area contributed by atoms with E-state index < -0.39 is 5.97 Å². The SMILES string of the molecule is CCCCCC(=O)OOc1cc(O)cc(/C=C/c2ccc(O)cc2)c1. The van der Waals surface area contributed by atoms with E-state index >= 15 is 0 Å². The molecule has 0 heterocycles. The van der Waals surface area contributed by atoms with Gasteiger partial charge in [0.15, 0.2) is 5.75 Å². The maximum Gasteiger partial charge on any atom is 0.355 e. The van der Waals surface area contributed by atoms with Gasteiger partial charge in [0.1, 0.15) is 11.5 Å². The van der Waals surface area contributed by atoms with E-state index in [4.69, 9.17) is 9.78 Å². The molecule has 0 radical (unpaired) electrons. The Kier molecular flexibility index (Phi) is 6.89. The Morgan fingerprint density at radius 3 is 2.40 bits per heavy atom. The van der Waals surface area contributed by atoms with Crippen molar-refractivity contribution in [3.63, 3.8) is 0 Å². The minimum absolute atomic E-state index is 0.00453. The average Bonchev–Trinajstić information content (AvgIpc) is 2.59. The summed E-state index contributed by atoms with van der Waals surface area (Å²) < 4.78 is 0. The van der Waals surface area contributed by atoms with Gasteiger partial charge in [-0.25, -0.2) is 4.79 Å². The molecule has 2 aromatic rings. The van der Waals surface area contributed by atoms with Crippen molar-refractivity contribution in [1.82, 2.24) is 0 Å². The van der Waals surface area contributed by atoms with E-state index in [1.165, 1.54) is 6.07 Å². The van der Waals surface area contributed by atoms with Gasteiger partial charge < -0.3 is 10.2 Å². The van der Waals surface area contributed by atoms with Crippen LogP contribution in [0, 0.1) is 0 Å². The Morgan fingerprint density at radius 2 is 1.68 bits per heavy atom. The zero-order valence-electron chi connectivity index (χ0n) is 14.1. The number of phenolic OH excluding ortho intramolecular Hbond substituents is 2. The molecule has 0 aliphatic carbocycles. The molecule has 0 aliphatic heterocycles. The van der Waals surface area contributed by atoms with Crippen LogP contribution in [0.15, 0.2) is 42.5 Å². The van der Waals surface area contributed by atoms with Crippen LogP contribution < -0.4 is 4.89 Å². The molecule has 0 unspecified atom stereocenters. The van der Waals surface area contributed by atoms with Crippen LogP contribution in [0.4, 0.5) is 0 Å². The van der Waals surface area contributed by atoms with Crippen LogP contribution in [0.25, 0.3) is 12.2 Å². The Hall–Kier alpha value is -2.95. The summed E-state index contributed by atoms with van der Waals surface area (Å²) in [7, 11) is 0. The van der Waals surface area contributed by atoms with Gasteiger partial charge in [0.25, 0.3) is 0 Å². The van der Waals surface area contributed by atoms with Crippen molar-refractivity contribution in [3.8, 4) is 17.2 Å². The number of hydrogen-bond acceptors (Lipinski definition) is 5. The molecule has 2 aromatic carbocycles. The number of carbonyl (C=O) groups is 1. The van der Waals surface area contributed by atoms with E-state index in [2.05, 4.69) is 6.92 Å². The monoisotopic (exact) mass is 342 g/mol. The number of carbonyl (C=O) groups excluding carboxylic acids is 1. The summed E-state index contributed by atoms with van der Waals surface area (Å²) in [6.07, 6.45) is 6.67. The minimum atomic E-state index is -0.432. The van der Waals surface area contributed by atoms with Crippen molar-refractivity contribution in [2.45, 2.75) is 32.6 Å². The fourth-order valence-corrected chi connectivity index (χ4v) is 2.18. The Balaban J connectivity index is 1.97. The molecule has 5 nitrogen and oxygen atoms in total. The second kappa shape index (κ2) is 9.37. The van der Waals surface area contributed by atoms with E-state index in [0.717, 1.165) is 24.8 Å². The van der Waals surface area contributed by atoms with Crippen LogP contribution in [0.5, 0.6) is 17.2 Å². The number of phenols is 2. The molecule has 0 aromatic heterocycles. The molecule has 0 aliphatic rings. The lowest BCUT2D eigenvalue weighted by molar-refractivity contribution is -0.213. The number of aromatic hydroxyl groups is 2. The second-order valence-corrected chi connectivity index (χ2v) is 5.68. The first-order valence-electron chi connectivity index (χ1n) is 8.25. The van der Waals surface area contributed by atoms with Gasteiger partial charge in [-0.15, -0.1) is 0 Å². The Bertz CT molecular complexity index is 719. The molecule has 0 amide bonds. The molecule has 0 saturated heterocycles. The van der Waals surface area contributed by atoms with Crippen molar-refractivity contribution in [2.24, 2.45) is 0 Å². The summed E-state index contributed by atoms with van der Waals surface area (Å²) in [6, 6.07) is 11.3. The minimum Gasteiger partial charge on any atom is -0.508 e. The molecule has 132 valence electrons. The normalized spacial score (nSPS) is 10.8. The highest BCUT2D eigenvalue weighted by Gasteiger charge is 2.06. The van der Waals surface area contributed by atoms with Gasteiger partial charge in [0, 0.05) is 6.07 Å². The van der Waals surface area contributed by atoms with Gasteiger partial charge in [-0.1, -0.05) is 44.1 Å². The van der Waals surface area contributed by atoms with Crippen molar-refractivity contribution in [1.29, 1.82) is 0 Å². The summed E-state index contributed by atoms with van der Waals surface area (Å²) in [5.41, 5.74) is 1.58. The number of benzene rings is 2. The lowest BCUT2D eigenvalue weighted by atomic mass is 10.1. The largest absolute Gasteiger partial charge is 0.508 e. The van der Waals surface area contributed by atoms with Gasteiger partial charge in [-0.3, -0.25) is 9.78 Å². The first-order valence-corrected chi connectivity index (χ1v) is 8.25. The molecule has 5 heteroatoms. The first-order chi connectivity index (χ1) is 12.1. The maximum absolute atomic E-state index is 11.6. The van der Waals surface area contributed by atoms with E-state index in [0.29, 0.717) is 12.0 Å². The van der Waals surface area contributed by atoms with Gasteiger partial charge in [0.2, 0.25) is 0 Å². The predicted molar refractivity (Wildman–Crippen MR) is 96.0 cm³/mol. The fourth-order valence-electron chi connectivity index (χ4n) is 2.18. The Morgan fingerprint density at radius 1 is 0.960 bits per heavy atom. The van der Waals surface area contributed by atoms with Crippen LogP contribution in [-0.2, 0) is 9.68 Å². The molecular formula is C20H22O5. The number of hydrogen-bond donors (Lipinski definition) is 2. The lowest BCUT2D eigenvalue weighted by Gasteiger charge is -2.06. The molecule has 2 N–H and O–H groups in total. The fraction of sp³-hybridized carbons (Fsp3) is 0.250. The highest BCUT2D eigenvalue weighted by molar-refractivity contribution is 5.71. The van der Waals surface area contributed by atoms with E-state index in [1.807, 2.05) is 6.08 Å². The van der Waals surface area contributed by atoms with Crippen molar-refractivity contribution < 1.29 is 24.8 Å². The predicted octanol–water partition coefficient (Wildman–Crippen LogP) is 4.69. The van der Waals surface area contributed by atoms with E-state index in [9.17, 15) is 15.0 Å². The molecule has 0 spiro atoms. The molecule has 2 rings (SSSR count). The summed E-state index contributed by atoms with van der Waals surface area (Å²) >= 11 is 0. The third-order valence-electron chi connectivity index (χ3n) is 3.49. The van der Waals surface area contributed by atoms with Crippen LogP contribution >= 0.6 is 0 Å². The summed E-state index contributed by atoms with van der Waals surface area (Å²) in [5, 5.41) is 19.1. The van der Waals surface area contributed by atoms with Gasteiger partial charge >= 0.3 is 5.97 Å². The zero-order chi connectivity index (χ0) is 18.1. The average molecular weight is 342 g/mol. The quantitative estimate of drug-likeness (QED) is 0.315.